The molecule has 4 aromatic carbocycles. The van der Waals surface area contributed by atoms with E-state index in [4.69, 9.17) is 0 Å². The van der Waals surface area contributed by atoms with Crippen molar-refractivity contribution >= 4 is 78.6 Å². The zero-order chi connectivity index (χ0) is 41.6. The summed E-state index contributed by atoms with van der Waals surface area (Å²) in [6, 6.07) is 16.7. The van der Waals surface area contributed by atoms with Gasteiger partial charge in [-0.25, -0.2) is 0 Å². The molecule has 0 saturated carbocycles. The molecule has 0 bridgehead atoms. The van der Waals surface area contributed by atoms with Crippen LogP contribution in [0.3, 0.4) is 0 Å². The van der Waals surface area contributed by atoms with Crippen LogP contribution in [0, 0.1) is 0 Å². The Kier molecular flexibility index (Phi) is 10.4. The molecule has 0 unspecified atom stereocenters. The number of nitrogens with one attached hydrogen (secondary N) is 4. The summed E-state index contributed by atoms with van der Waals surface area (Å²) >= 11 is 0. The summed E-state index contributed by atoms with van der Waals surface area (Å²) in [7, 11) is -3.14. The van der Waals surface area contributed by atoms with E-state index in [1.165, 1.54) is 13.8 Å². The maximum absolute atomic E-state index is 10.8. The van der Waals surface area contributed by atoms with Gasteiger partial charge in [0.05, 0.1) is 0 Å². The number of Topliss-reactive ketones (excluding diaryl/α,β-unsaturated/α-hetero) is 1. The highest BCUT2D eigenvalue weighted by molar-refractivity contribution is 6.79. The van der Waals surface area contributed by atoms with Gasteiger partial charge in [0.15, 0.2) is 0 Å². The largest absolute Gasteiger partial charge is 0.447 e. The lowest BCUT2D eigenvalue weighted by Gasteiger charge is -2.36. The lowest BCUT2D eigenvalue weighted by atomic mass is 9.56. The number of hydrogen-bond donors (Lipinski definition) is 8. The maximum atomic E-state index is 10.8. The highest BCUT2D eigenvalue weighted by atomic mass is 16.2. The third-order valence-corrected chi connectivity index (χ3v) is 11.0. The molecular formula is C43H58B4N4O5. The van der Waals surface area contributed by atoms with Crippen LogP contribution in [0.4, 0.5) is 22.7 Å². The van der Waals surface area contributed by atoms with E-state index in [0.717, 1.165) is 89.1 Å². The molecule has 56 heavy (non-hydrogen) atoms. The lowest BCUT2D eigenvalue weighted by molar-refractivity contribution is -0.115. The summed E-state index contributed by atoms with van der Waals surface area (Å²) in [4.78, 5) is 9.44. The van der Waals surface area contributed by atoms with Crippen molar-refractivity contribution in [3.63, 3.8) is 0 Å². The number of anilines is 4. The van der Waals surface area contributed by atoms with Crippen LogP contribution in [0.5, 0.6) is 0 Å². The molecule has 0 radical (unpaired) electrons. The Morgan fingerprint density at radius 3 is 0.750 bits per heavy atom. The molecule has 8 N–H and O–H groups in total. The van der Waals surface area contributed by atoms with Gasteiger partial charge in [-0.2, -0.15) is 0 Å². The fourth-order valence-electron chi connectivity index (χ4n) is 7.73. The van der Waals surface area contributed by atoms with E-state index >= 15 is 0 Å². The quantitative estimate of drug-likeness (QED) is 0.117. The van der Waals surface area contributed by atoms with E-state index in [1.807, 2.05) is 0 Å². The predicted octanol–water partition coefficient (Wildman–Crippen LogP) is 4.94. The van der Waals surface area contributed by atoms with E-state index in [-0.39, 0.29) is 27.4 Å². The average Bonchev–Trinajstić information content (AvgIpc) is 3.05. The molecule has 4 aromatic rings. The van der Waals surface area contributed by atoms with Gasteiger partial charge in [0.25, 0.3) is 0 Å². The molecule has 0 aliphatic carbocycles. The first-order valence-electron chi connectivity index (χ1n) is 19.7. The predicted molar refractivity (Wildman–Crippen MR) is 240 cm³/mol. The minimum atomic E-state index is -0.785. The third-order valence-electron chi connectivity index (χ3n) is 11.0. The summed E-state index contributed by atoms with van der Waals surface area (Å²) in [5, 5.41) is 56.2. The van der Waals surface area contributed by atoms with Crippen molar-refractivity contribution in [2.45, 2.75) is 119 Å². The van der Waals surface area contributed by atoms with Crippen LogP contribution in [-0.4, -0.2) is 54.1 Å². The van der Waals surface area contributed by atoms with Crippen molar-refractivity contribution in [1.29, 1.82) is 0 Å². The van der Waals surface area contributed by atoms with Gasteiger partial charge in [0, 0.05) is 33.9 Å². The van der Waals surface area contributed by atoms with Crippen LogP contribution in [-0.2, 0) is 26.5 Å². The fraction of sp³-hybridized carbons (Fsp3) is 0.419. The van der Waals surface area contributed by atoms with Crippen molar-refractivity contribution in [3.8, 4) is 22.3 Å². The van der Waals surface area contributed by atoms with Crippen LogP contribution in [0.15, 0.2) is 48.5 Å². The Balaban J connectivity index is 0.000000174. The molecule has 8 rings (SSSR count). The molecule has 4 aliphatic heterocycles. The summed E-state index contributed by atoms with van der Waals surface area (Å²) in [5.74, 6) is 0.167. The summed E-state index contributed by atoms with van der Waals surface area (Å²) in [6.45, 7) is 28.9. The van der Waals surface area contributed by atoms with Gasteiger partial charge >= 0.3 is 28.2 Å². The Morgan fingerprint density at radius 1 is 0.393 bits per heavy atom. The fourth-order valence-corrected chi connectivity index (χ4v) is 7.73. The van der Waals surface area contributed by atoms with Gasteiger partial charge in [-0.3, -0.25) is 0 Å². The molecular weight excluding hydrogens is 696 g/mol. The Bertz CT molecular complexity index is 1970. The molecule has 13 heteroatoms. The van der Waals surface area contributed by atoms with E-state index < -0.39 is 28.2 Å². The van der Waals surface area contributed by atoms with Crippen molar-refractivity contribution in [2.75, 3.05) is 20.9 Å². The summed E-state index contributed by atoms with van der Waals surface area (Å²) in [6.07, 6.45) is 0. The van der Waals surface area contributed by atoms with Gasteiger partial charge in [-0.05, 0) is 115 Å². The molecule has 4 aliphatic rings. The van der Waals surface area contributed by atoms with E-state index in [9.17, 15) is 24.9 Å². The topological polar surface area (TPSA) is 146 Å². The highest BCUT2D eigenvalue weighted by Crippen LogP contribution is 2.44. The molecule has 0 fully saturated rings. The number of carbonyl (C=O) groups is 1. The average molecular weight is 754 g/mol. The molecule has 0 aromatic heterocycles. The Hall–Kier alpha value is -4.15. The van der Waals surface area contributed by atoms with Gasteiger partial charge in [-0.1, -0.05) is 107 Å². The van der Waals surface area contributed by atoms with Crippen molar-refractivity contribution < 1.29 is 24.9 Å². The van der Waals surface area contributed by atoms with Gasteiger partial charge in [0.2, 0.25) is 0 Å². The normalized spacial score (nSPS) is 14.8. The SMILES string of the molecule is CC(C)(C)c1cc2c3c(c1)NB(O)c1cc(C(C)(C)C)cc(c1-3)B(O)N2.CC(C)(C)c1cc2c3c(c1)NB(O)c1cc(C(C)(C)C)cc(c1-3)B(O)N2.CC(C)=O. The van der Waals surface area contributed by atoms with Gasteiger partial charge in [-0.15, -0.1) is 0 Å². The van der Waals surface area contributed by atoms with Crippen molar-refractivity contribution in [2.24, 2.45) is 0 Å². The molecule has 292 valence electrons. The third kappa shape index (κ3) is 7.76. The number of rotatable bonds is 0. The van der Waals surface area contributed by atoms with Crippen LogP contribution in [0.2, 0.25) is 0 Å². The van der Waals surface area contributed by atoms with Gasteiger partial charge in [0.1, 0.15) is 5.78 Å². The minimum absolute atomic E-state index is 0.0263. The molecule has 0 saturated heterocycles. The maximum Gasteiger partial charge on any atom is 0.447 e. The zero-order valence-electron chi connectivity index (χ0n) is 35.6. The molecule has 0 spiro atoms. The first-order valence-corrected chi connectivity index (χ1v) is 19.7. The number of benzene rings is 4. The summed E-state index contributed by atoms with van der Waals surface area (Å²) in [5.41, 5.74) is 15.3. The smallest absolute Gasteiger partial charge is 0.429 e. The van der Waals surface area contributed by atoms with Crippen molar-refractivity contribution in [3.05, 3.63) is 70.8 Å². The second-order valence-electron chi connectivity index (χ2n) is 20.0. The number of hydrogen-bond acceptors (Lipinski definition) is 9. The van der Waals surface area contributed by atoms with Crippen LogP contribution >= 0.6 is 0 Å². The first-order chi connectivity index (χ1) is 25.7. The Labute approximate surface area is 335 Å². The Morgan fingerprint density at radius 2 is 0.571 bits per heavy atom. The highest BCUT2D eigenvalue weighted by Gasteiger charge is 2.41. The number of ketones is 1. The zero-order valence-corrected chi connectivity index (χ0v) is 35.6. The molecule has 9 nitrogen and oxygen atoms in total. The molecule has 0 amide bonds. The summed E-state index contributed by atoms with van der Waals surface area (Å²) < 4.78 is 0. The molecule has 0 atom stereocenters. The molecule has 4 heterocycles. The minimum Gasteiger partial charge on any atom is -0.429 e. The first kappa shape index (κ1) is 41.5. The second-order valence-corrected chi connectivity index (χ2v) is 20.0. The standard InChI is InChI=1S/2C20H26B2N2O2.C3H6O/c2*1-19(2,3)11-7-13-17-14(8-11)22(26)24-16-10-12(20(4,5)6)9-15(18(16)17)23-21(13)25;1-3(2)4/h2*7-10,23-26H,1-6H3;1-2H3. The van der Waals surface area contributed by atoms with Gasteiger partial charge < -0.3 is 45.8 Å². The van der Waals surface area contributed by atoms with Crippen LogP contribution < -0.4 is 42.8 Å². The van der Waals surface area contributed by atoms with Crippen LogP contribution in [0.25, 0.3) is 22.3 Å². The van der Waals surface area contributed by atoms with Crippen LogP contribution in [0.1, 0.15) is 119 Å². The van der Waals surface area contributed by atoms with E-state index in [0.29, 0.717) is 0 Å². The van der Waals surface area contributed by atoms with E-state index in [2.05, 4.69) is 153 Å². The lowest BCUT2D eigenvalue weighted by Crippen LogP contribution is -2.52. The monoisotopic (exact) mass is 754 g/mol. The van der Waals surface area contributed by atoms with E-state index in [1.54, 1.807) is 0 Å². The second kappa shape index (κ2) is 14.0. The number of carbonyl (C=O) groups excluding carboxylic acids is 1. The van der Waals surface area contributed by atoms with Crippen molar-refractivity contribution in [1.82, 2.24) is 0 Å².